The van der Waals surface area contributed by atoms with Crippen molar-refractivity contribution in [2.75, 3.05) is 5.32 Å². The third-order valence-electron chi connectivity index (χ3n) is 1.86. The van der Waals surface area contributed by atoms with Gasteiger partial charge in [0.25, 0.3) is 9.05 Å². The molecule has 0 aromatic heterocycles. The first-order valence-electron chi connectivity index (χ1n) is 4.60. The van der Waals surface area contributed by atoms with Crippen LogP contribution in [-0.4, -0.2) is 20.5 Å². The monoisotopic (exact) mass is 319 g/mol. The van der Waals surface area contributed by atoms with Gasteiger partial charge >= 0.3 is 6.18 Å². The van der Waals surface area contributed by atoms with E-state index in [9.17, 15) is 30.8 Å². The van der Waals surface area contributed by atoms with Crippen molar-refractivity contribution in [2.45, 2.75) is 17.5 Å². The largest absolute Gasteiger partial charge is 0.397 e. The van der Waals surface area contributed by atoms with E-state index in [0.717, 1.165) is 12.1 Å². The maximum absolute atomic E-state index is 13.4. The number of halogens is 5. The van der Waals surface area contributed by atoms with Gasteiger partial charge in [-0.05, 0) is 18.2 Å². The number of benzene rings is 1. The first kappa shape index (κ1) is 15.7. The molecule has 0 atom stereocenters. The molecule has 0 bridgehead atoms. The molecule has 0 aliphatic heterocycles. The van der Waals surface area contributed by atoms with Crippen LogP contribution in [-0.2, 0) is 13.8 Å². The van der Waals surface area contributed by atoms with Crippen molar-refractivity contribution in [3.8, 4) is 0 Å². The van der Waals surface area contributed by atoms with Crippen molar-refractivity contribution < 1.29 is 30.8 Å². The van der Waals surface area contributed by atoms with Crippen molar-refractivity contribution in [1.82, 2.24) is 0 Å². The van der Waals surface area contributed by atoms with Gasteiger partial charge in [-0.1, -0.05) is 0 Å². The maximum Gasteiger partial charge on any atom is 0.397 e. The molecule has 4 nitrogen and oxygen atoms in total. The van der Waals surface area contributed by atoms with E-state index in [-0.39, 0.29) is 0 Å². The minimum Gasteiger partial charge on any atom is -0.323 e. The van der Waals surface area contributed by atoms with E-state index < -0.39 is 44.0 Å². The summed E-state index contributed by atoms with van der Waals surface area (Å²) in [5.74, 6) is -2.68. The Bertz CT molecular complexity index is 600. The van der Waals surface area contributed by atoms with Gasteiger partial charge in [-0.2, -0.15) is 13.2 Å². The molecular formula is C9H6ClF4NO3S. The third kappa shape index (κ3) is 5.03. The van der Waals surface area contributed by atoms with Crippen molar-refractivity contribution in [1.29, 1.82) is 0 Å². The van der Waals surface area contributed by atoms with Gasteiger partial charge in [-0.3, -0.25) is 4.79 Å². The molecule has 0 radical (unpaired) electrons. The molecule has 0 saturated carbocycles. The predicted molar refractivity (Wildman–Crippen MR) is 58.7 cm³/mol. The van der Waals surface area contributed by atoms with Gasteiger partial charge in [0.1, 0.15) is 12.2 Å². The van der Waals surface area contributed by atoms with Crippen LogP contribution in [0.5, 0.6) is 0 Å². The summed E-state index contributed by atoms with van der Waals surface area (Å²) >= 11 is 0. The number of amides is 1. The SMILES string of the molecule is O=C(CC(F)(F)F)Nc1ccc(S(=O)(=O)Cl)cc1F. The van der Waals surface area contributed by atoms with Crippen LogP contribution in [0.15, 0.2) is 23.1 Å². The van der Waals surface area contributed by atoms with E-state index in [1.54, 1.807) is 5.32 Å². The fourth-order valence-corrected chi connectivity index (χ4v) is 1.89. The third-order valence-corrected chi connectivity index (χ3v) is 3.21. The quantitative estimate of drug-likeness (QED) is 0.688. The minimum absolute atomic E-state index is 0.492. The molecule has 0 heterocycles. The van der Waals surface area contributed by atoms with Crippen molar-refractivity contribution in [2.24, 2.45) is 0 Å². The van der Waals surface area contributed by atoms with Gasteiger partial charge in [0.05, 0.1) is 10.6 Å². The minimum atomic E-state index is -4.72. The summed E-state index contributed by atoms with van der Waals surface area (Å²) in [5.41, 5.74) is -0.571. The molecule has 1 aromatic carbocycles. The van der Waals surface area contributed by atoms with Gasteiger partial charge in [0, 0.05) is 10.7 Å². The lowest BCUT2D eigenvalue weighted by molar-refractivity contribution is -0.150. The lowest BCUT2D eigenvalue weighted by Gasteiger charge is -2.09. The zero-order valence-corrected chi connectivity index (χ0v) is 10.5. The van der Waals surface area contributed by atoms with Gasteiger partial charge in [0.15, 0.2) is 0 Å². The average molecular weight is 320 g/mol. The molecule has 1 amide bonds. The number of carbonyl (C=O) groups is 1. The number of hydrogen-bond acceptors (Lipinski definition) is 3. The second-order valence-electron chi connectivity index (χ2n) is 3.42. The van der Waals surface area contributed by atoms with Crippen LogP contribution < -0.4 is 5.32 Å². The number of carbonyl (C=O) groups excluding carboxylic acids is 1. The van der Waals surface area contributed by atoms with Crippen LogP contribution in [0, 0.1) is 5.82 Å². The molecule has 0 aliphatic rings. The van der Waals surface area contributed by atoms with Gasteiger partial charge in [-0.25, -0.2) is 12.8 Å². The highest BCUT2D eigenvalue weighted by atomic mass is 35.7. The Kier molecular flexibility index (Phi) is 4.41. The number of alkyl halides is 3. The fraction of sp³-hybridized carbons (Fsp3) is 0.222. The Balaban J connectivity index is 2.90. The highest BCUT2D eigenvalue weighted by molar-refractivity contribution is 8.13. The molecule has 1 rings (SSSR count). The Labute approximate surface area is 109 Å². The smallest absolute Gasteiger partial charge is 0.323 e. The summed E-state index contributed by atoms with van der Waals surface area (Å²) in [4.78, 5) is 10.4. The highest BCUT2D eigenvalue weighted by Gasteiger charge is 2.31. The predicted octanol–water partition coefficient (Wildman–Crippen LogP) is 2.64. The maximum atomic E-state index is 13.4. The van der Waals surface area contributed by atoms with Gasteiger partial charge < -0.3 is 5.32 Å². The Morgan fingerprint density at radius 1 is 1.32 bits per heavy atom. The molecule has 1 aromatic rings. The summed E-state index contributed by atoms with van der Waals surface area (Å²) in [5, 5.41) is 1.67. The summed E-state index contributed by atoms with van der Waals surface area (Å²) in [7, 11) is 0.785. The van der Waals surface area contributed by atoms with E-state index >= 15 is 0 Å². The highest BCUT2D eigenvalue weighted by Crippen LogP contribution is 2.24. The molecule has 19 heavy (non-hydrogen) atoms. The topological polar surface area (TPSA) is 63.2 Å². The van der Waals surface area contributed by atoms with E-state index in [1.807, 2.05) is 0 Å². The second kappa shape index (κ2) is 5.33. The first-order chi connectivity index (χ1) is 8.49. The van der Waals surface area contributed by atoms with Crippen LogP contribution in [0.25, 0.3) is 0 Å². The van der Waals surface area contributed by atoms with Crippen LogP contribution in [0.2, 0.25) is 0 Å². The molecule has 0 fully saturated rings. The van der Waals surface area contributed by atoms with Gasteiger partial charge in [0.2, 0.25) is 5.91 Å². The van der Waals surface area contributed by atoms with E-state index in [4.69, 9.17) is 10.7 Å². The van der Waals surface area contributed by atoms with E-state index in [0.29, 0.717) is 6.07 Å². The molecule has 106 valence electrons. The standard InChI is InChI=1S/C9H6ClF4NO3S/c10-19(17,18)5-1-2-7(6(11)3-5)15-8(16)4-9(12,13)14/h1-3H,4H2,(H,15,16). The Morgan fingerprint density at radius 2 is 1.89 bits per heavy atom. The summed E-state index contributed by atoms with van der Waals surface area (Å²) < 4.78 is 70.7. The molecule has 0 unspecified atom stereocenters. The molecule has 0 aliphatic carbocycles. The van der Waals surface area contributed by atoms with Crippen LogP contribution in [0.1, 0.15) is 6.42 Å². The number of hydrogen-bond donors (Lipinski definition) is 1. The van der Waals surface area contributed by atoms with Crippen LogP contribution in [0.3, 0.4) is 0 Å². The number of rotatable bonds is 3. The molecule has 0 spiro atoms. The number of nitrogens with one attached hydrogen (secondary N) is 1. The van der Waals surface area contributed by atoms with Crippen LogP contribution >= 0.6 is 10.7 Å². The van der Waals surface area contributed by atoms with Crippen LogP contribution in [0.4, 0.5) is 23.2 Å². The summed E-state index contributed by atoms with van der Waals surface area (Å²) in [6, 6.07) is 2.15. The van der Waals surface area contributed by atoms with Crippen molar-refractivity contribution in [3.05, 3.63) is 24.0 Å². The van der Waals surface area contributed by atoms with Gasteiger partial charge in [-0.15, -0.1) is 0 Å². The molecule has 1 N–H and O–H groups in total. The fourth-order valence-electron chi connectivity index (χ4n) is 1.13. The Morgan fingerprint density at radius 3 is 2.32 bits per heavy atom. The Hall–Kier alpha value is -1.35. The summed E-state index contributed by atoms with van der Waals surface area (Å²) in [6.07, 6.45) is -6.50. The van der Waals surface area contributed by atoms with Crippen molar-refractivity contribution in [3.63, 3.8) is 0 Å². The average Bonchev–Trinajstić information content (AvgIpc) is 2.16. The molecule has 10 heteroatoms. The normalized spacial score (nSPS) is 12.3. The zero-order valence-electron chi connectivity index (χ0n) is 8.96. The lowest BCUT2D eigenvalue weighted by atomic mass is 10.3. The number of anilines is 1. The zero-order chi connectivity index (χ0) is 14.8. The first-order valence-corrected chi connectivity index (χ1v) is 6.91. The van der Waals surface area contributed by atoms with E-state index in [1.165, 1.54) is 0 Å². The van der Waals surface area contributed by atoms with E-state index in [2.05, 4.69) is 0 Å². The second-order valence-corrected chi connectivity index (χ2v) is 5.99. The molecular weight excluding hydrogens is 314 g/mol. The van der Waals surface area contributed by atoms with Crippen molar-refractivity contribution >= 4 is 31.3 Å². The molecule has 0 saturated heterocycles. The lowest BCUT2D eigenvalue weighted by Crippen LogP contribution is -2.21. The summed E-state index contributed by atoms with van der Waals surface area (Å²) in [6.45, 7) is 0.